The molecule has 0 heterocycles. The monoisotopic (exact) mass is 392 g/mol. The van der Waals surface area contributed by atoms with Crippen molar-refractivity contribution in [2.45, 2.75) is 78.4 Å². The molecule has 0 aliphatic heterocycles. The smallest absolute Gasteiger partial charge is 0.229 e. The topological polar surface area (TPSA) is 98.7 Å². The number of amides is 2. The summed E-state index contributed by atoms with van der Waals surface area (Å²) in [6, 6.07) is 0. The van der Waals surface area contributed by atoms with Crippen molar-refractivity contribution in [3.8, 4) is 0 Å². The Morgan fingerprint density at radius 1 is 0.786 bits per heavy atom. The van der Waals surface area contributed by atoms with Crippen LogP contribution in [0.3, 0.4) is 0 Å². The molecule has 0 aromatic rings. The molecule has 6 atom stereocenters. The Balaban J connectivity index is 1.34. The van der Waals surface area contributed by atoms with Crippen LogP contribution in [0.1, 0.15) is 66.2 Å². The largest absolute Gasteiger partial charge is 0.392 e. The molecule has 4 aliphatic rings. The molecule has 4 saturated carbocycles. The van der Waals surface area contributed by atoms with Crippen LogP contribution in [0.2, 0.25) is 0 Å². The summed E-state index contributed by atoms with van der Waals surface area (Å²) in [5.74, 6) is 0.626. The van der Waals surface area contributed by atoms with Crippen molar-refractivity contribution in [1.29, 1.82) is 0 Å². The summed E-state index contributed by atoms with van der Waals surface area (Å²) in [4.78, 5) is 26.0. The molecule has 4 N–H and O–H groups in total. The number of hydrogen-bond acceptors (Lipinski definition) is 4. The van der Waals surface area contributed by atoms with Crippen molar-refractivity contribution in [1.82, 2.24) is 10.6 Å². The van der Waals surface area contributed by atoms with Gasteiger partial charge in [-0.15, -0.1) is 0 Å². The number of aliphatic hydroxyl groups excluding tert-OH is 2. The zero-order valence-corrected chi connectivity index (χ0v) is 17.7. The molecule has 0 spiro atoms. The second-order valence-electron chi connectivity index (χ2n) is 10.9. The maximum Gasteiger partial charge on any atom is 0.229 e. The summed E-state index contributed by atoms with van der Waals surface area (Å²) < 4.78 is 0. The Kier molecular flexibility index (Phi) is 4.45. The first-order chi connectivity index (χ1) is 13.0. The number of nitrogens with one attached hydrogen (secondary N) is 2. The van der Waals surface area contributed by atoms with Crippen LogP contribution in [0.15, 0.2) is 0 Å². The van der Waals surface area contributed by atoms with Crippen LogP contribution in [0.4, 0.5) is 0 Å². The van der Waals surface area contributed by atoms with E-state index in [9.17, 15) is 19.8 Å². The van der Waals surface area contributed by atoms with Gasteiger partial charge in [-0.25, -0.2) is 0 Å². The van der Waals surface area contributed by atoms with E-state index in [0.29, 0.717) is 37.8 Å². The minimum Gasteiger partial charge on any atom is -0.392 e. The number of hydrogen-bond donors (Lipinski definition) is 4. The fourth-order valence-corrected chi connectivity index (χ4v) is 7.64. The Bertz CT molecular complexity index is 632. The van der Waals surface area contributed by atoms with Gasteiger partial charge in [0.25, 0.3) is 0 Å². The molecule has 0 aromatic carbocycles. The number of carbonyl (C=O) groups is 2. The second-order valence-corrected chi connectivity index (χ2v) is 10.9. The van der Waals surface area contributed by atoms with Crippen molar-refractivity contribution < 1.29 is 19.8 Å². The van der Waals surface area contributed by atoms with Gasteiger partial charge in [0.05, 0.1) is 23.0 Å². The van der Waals surface area contributed by atoms with Gasteiger partial charge < -0.3 is 20.8 Å². The highest BCUT2D eigenvalue weighted by atomic mass is 16.3. The minimum atomic E-state index is -0.706. The van der Waals surface area contributed by atoms with Crippen molar-refractivity contribution in [3.05, 3.63) is 0 Å². The Morgan fingerprint density at radius 3 is 1.39 bits per heavy atom. The molecule has 4 fully saturated rings. The van der Waals surface area contributed by atoms with Gasteiger partial charge >= 0.3 is 0 Å². The lowest BCUT2D eigenvalue weighted by molar-refractivity contribution is -0.144. The predicted molar refractivity (Wildman–Crippen MR) is 105 cm³/mol. The second kappa shape index (κ2) is 6.18. The SMILES string of the molecule is CC1(C)[C@@H]2CC[C@@]1(C(=O)NCCNC(=O)[C@]13CC[C@H](C[C@H]1O)C3(C)C)[C@H](O)C2. The molecular weight excluding hydrogens is 356 g/mol. The van der Waals surface area contributed by atoms with Gasteiger partial charge in [0.2, 0.25) is 11.8 Å². The highest BCUT2D eigenvalue weighted by Gasteiger charge is 2.68. The van der Waals surface area contributed by atoms with Gasteiger partial charge in [0.15, 0.2) is 0 Å². The summed E-state index contributed by atoms with van der Waals surface area (Å²) in [5, 5.41) is 27.1. The quantitative estimate of drug-likeness (QED) is 0.534. The summed E-state index contributed by atoms with van der Waals surface area (Å²) in [6.07, 6.45) is 3.68. The van der Waals surface area contributed by atoms with E-state index < -0.39 is 23.0 Å². The van der Waals surface area contributed by atoms with Crippen LogP contribution in [0, 0.1) is 33.5 Å². The van der Waals surface area contributed by atoms with Crippen molar-refractivity contribution in [2.24, 2.45) is 33.5 Å². The van der Waals surface area contributed by atoms with Crippen molar-refractivity contribution >= 4 is 11.8 Å². The molecule has 0 radical (unpaired) electrons. The highest BCUT2D eigenvalue weighted by molar-refractivity contribution is 5.86. The first kappa shape index (κ1) is 20.1. The molecule has 4 aliphatic carbocycles. The van der Waals surface area contributed by atoms with E-state index in [1.807, 2.05) is 0 Å². The van der Waals surface area contributed by atoms with E-state index in [2.05, 4.69) is 38.3 Å². The van der Waals surface area contributed by atoms with Gasteiger partial charge in [-0.3, -0.25) is 9.59 Å². The maximum atomic E-state index is 13.0. The molecule has 28 heavy (non-hydrogen) atoms. The Morgan fingerprint density at radius 2 is 1.14 bits per heavy atom. The molecule has 0 unspecified atom stereocenters. The Labute approximate surface area is 167 Å². The van der Waals surface area contributed by atoms with E-state index >= 15 is 0 Å². The van der Waals surface area contributed by atoms with Gasteiger partial charge in [-0.1, -0.05) is 27.7 Å². The minimum absolute atomic E-state index is 0.0837. The normalized spacial score (nSPS) is 44.6. The molecule has 4 rings (SSSR count). The van der Waals surface area contributed by atoms with E-state index in [-0.39, 0.29) is 22.6 Å². The van der Waals surface area contributed by atoms with Gasteiger partial charge in [-0.2, -0.15) is 0 Å². The molecule has 0 saturated heterocycles. The highest BCUT2D eigenvalue weighted by Crippen LogP contribution is 2.66. The molecule has 158 valence electrons. The molecule has 0 aromatic heterocycles. The van der Waals surface area contributed by atoms with Crippen LogP contribution in [-0.2, 0) is 9.59 Å². The maximum absolute atomic E-state index is 13.0. The lowest BCUT2D eigenvalue weighted by Crippen LogP contribution is -2.54. The molecule has 4 bridgehead atoms. The Hall–Kier alpha value is -1.14. The summed E-state index contributed by atoms with van der Waals surface area (Å²) in [6.45, 7) is 9.08. The van der Waals surface area contributed by atoms with Gasteiger partial charge in [-0.05, 0) is 61.2 Å². The summed E-state index contributed by atoms with van der Waals surface area (Å²) >= 11 is 0. The summed E-state index contributed by atoms with van der Waals surface area (Å²) in [7, 11) is 0. The molecule has 6 heteroatoms. The van der Waals surface area contributed by atoms with Gasteiger partial charge in [0, 0.05) is 13.1 Å². The van der Waals surface area contributed by atoms with Crippen LogP contribution in [-0.4, -0.2) is 47.3 Å². The molecular formula is C22H36N2O4. The van der Waals surface area contributed by atoms with Gasteiger partial charge in [0.1, 0.15) is 0 Å². The molecule has 6 nitrogen and oxygen atoms in total. The number of rotatable bonds is 5. The lowest BCUT2D eigenvalue weighted by atomic mass is 9.67. The van der Waals surface area contributed by atoms with Crippen LogP contribution < -0.4 is 10.6 Å². The van der Waals surface area contributed by atoms with Crippen LogP contribution in [0.5, 0.6) is 0 Å². The zero-order valence-electron chi connectivity index (χ0n) is 17.7. The van der Waals surface area contributed by atoms with E-state index in [1.54, 1.807) is 0 Å². The molecule has 2 amide bonds. The first-order valence-electron chi connectivity index (χ1n) is 10.9. The average Bonchev–Trinajstić information content (AvgIpc) is 3.18. The fraction of sp³-hybridized carbons (Fsp3) is 0.909. The number of aliphatic hydroxyl groups is 2. The third kappa shape index (κ3) is 2.22. The van der Waals surface area contributed by atoms with Crippen LogP contribution in [0.25, 0.3) is 0 Å². The van der Waals surface area contributed by atoms with E-state index in [1.165, 1.54) is 0 Å². The van der Waals surface area contributed by atoms with E-state index in [4.69, 9.17) is 0 Å². The zero-order chi connectivity index (χ0) is 20.5. The summed E-state index contributed by atoms with van der Waals surface area (Å²) in [5.41, 5.74) is -1.81. The van der Waals surface area contributed by atoms with E-state index in [0.717, 1.165) is 25.7 Å². The number of fused-ring (bicyclic) bond motifs is 4. The first-order valence-corrected chi connectivity index (χ1v) is 10.9. The number of carbonyl (C=O) groups excluding carboxylic acids is 2. The predicted octanol–water partition coefficient (Wildman–Crippen LogP) is 1.59. The fourth-order valence-electron chi connectivity index (χ4n) is 7.64. The lowest BCUT2D eigenvalue weighted by Gasteiger charge is -2.39. The third-order valence-electron chi connectivity index (χ3n) is 9.77. The van der Waals surface area contributed by atoms with Crippen LogP contribution >= 0.6 is 0 Å². The average molecular weight is 393 g/mol. The third-order valence-corrected chi connectivity index (χ3v) is 9.77. The van der Waals surface area contributed by atoms with Crippen molar-refractivity contribution in [3.63, 3.8) is 0 Å². The standard InChI is InChI=1S/C22H36N2O4/c1-19(2)13-5-7-21(19,15(25)11-13)17(27)23-9-10-24-18(28)22-8-6-14(12-16(22)26)20(22,3)4/h13-16,25-26H,5-12H2,1-4H3,(H,23,27)(H,24,28)/t13-,14-,15-,16-,21+,22+/m1/s1. The van der Waals surface area contributed by atoms with Crippen molar-refractivity contribution in [2.75, 3.05) is 13.1 Å².